The number of thiazole rings is 1. The number of carbonyl (C=O) groups excluding carboxylic acids is 1. The zero-order valence-electron chi connectivity index (χ0n) is 23.4. The maximum atomic E-state index is 13.9. The lowest BCUT2D eigenvalue weighted by Gasteiger charge is -2.22. The van der Waals surface area contributed by atoms with E-state index in [0.29, 0.717) is 49.0 Å². The average molecular weight is 685 g/mol. The number of nitro benzene ring substituents is 1. The Hall–Kier alpha value is -4.42. The van der Waals surface area contributed by atoms with Gasteiger partial charge in [0, 0.05) is 29.3 Å². The van der Waals surface area contributed by atoms with Gasteiger partial charge in [-0.2, -0.15) is 0 Å². The molecule has 0 fully saturated rings. The zero-order chi connectivity index (χ0) is 32.0. The first kappa shape index (κ1) is 30.6. The molecule has 0 saturated carbocycles. The molecule has 0 N–H and O–H groups in total. The standard InChI is InChI=1S/C31H20Cl3N3O7S/c1-3-42-30(39)27-15(2)35-31-36(28(27)25-11-10-23(44-25)16-4-7-21(33)22(34)12-16)29(38)26(45-31)14-18-6-9-24(43-18)19-13-17(37(40)41)5-8-20(19)32/h4-14,28H,3H2,1-2H3/b26-14-/t28-/m1/s1. The fourth-order valence-corrected chi connectivity index (χ4v) is 6.42. The highest BCUT2D eigenvalue weighted by molar-refractivity contribution is 7.07. The van der Waals surface area contributed by atoms with Crippen LogP contribution in [0.1, 0.15) is 31.4 Å². The maximum absolute atomic E-state index is 13.9. The predicted octanol–water partition coefficient (Wildman–Crippen LogP) is 7.19. The zero-order valence-corrected chi connectivity index (χ0v) is 26.5. The fourth-order valence-electron chi connectivity index (χ4n) is 4.89. The van der Waals surface area contributed by atoms with Gasteiger partial charge in [0.05, 0.1) is 42.4 Å². The van der Waals surface area contributed by atoms with E-state index in [4.69, 9.17) is 48.4 Å². The number of non-ortho nitro benzene ring substituents is 1. The molecule has 5 aromatic rings. The normalized spacial score (nSPS) is 14.8. The molecule has 4 heterocycles. The van der Waals surface area contributed by atoms with Gasteiger partial charge in [0.15, 0.2) is 4.80 Å². The van der Waals surface area contributed by atoms with Gasteiger partial charge in [-0.25, -0.2) is 9.79 Å². The number of hydrogen-bond acceptors (Lipinski definition) is 9. The van der Waals surface area contributed by atoms with Crippen molar-refractivity contribution in [1.82, 2.24) is 4.57 Å². The van der Waals surface area contributed by atoms with Gasteiger partial charge in [0.1, 0.15) is 29.1 Å². The van der Waals surface area contributed by atoms with Gasteiger partial charge in [0.25, 0.3) is 11.2 Å². The summed E-state index contributed by atoms with van der Waals surface area (Å²) in [5.41, 5.74) is 0.924. The Bertz CT molecular complexity index is 2230. The number of aromatic nitrogens is 1. The quantitative estimate of drug-likeness (QED) is 0.101. The molecule has 10 nitrogen and oxygen atoms in total. The van der Waals surface area contributed by atoms with Crippen molar-refractivity contribution in [3.8, 4) is 22.6 Å². The van der Waals surface area contributed by atoms with E-state index in [0.717, 1.165) is 11.3 Å². The van der Waals surface area contributed by atoms with Gasteiger partial charge in [-0.3, -0.25) is 19.5 Å². The van der Waals surface area contributed by atoms with Gasteiger partial charge >= 0.3 is 5.97 Å². The van der Waals surface area contributed by atoms with E-state index >= 15 is 0 Å². The van der Waals surface area contributed by atoms with Crippen LogP contribution in [0.2, 0.25) is 15.1 Å². The lowest BCUT2D eigenvalue weighted by Crippen LogP contribution is -2.39. The molecule has 0 radical (unpaired) electrons. The highest BCUT2D eigenvalue weighted by atomic mass is 35.5. The maximum Gasteiger partial charge on any atom is 0.338 e. The van der Waals surface area contributed by atoms with E-state index < -0.39 is 22.5 Å². The molecule has 0 amide bonds. The summed E-state index contributed by atoms with van der Waals surface area (Å²) >= 11 is 19.7. The van der Waals surface area contributed by atoms with Gasteiger partial charge in [-0.1, -0.05) is 46.1 Å². The molecule has 0 bridgehead atoms. The van der Waals surface area contributed by atoms with Crippen molar-refractivity contribution in [3.63, 3.8) is 0 Å². The smallest absolute Gasteiger partial charge is 0.338 e. The second-order valence-electron chi connectivity index (χ2n) is 9.76. The largest absolute Gasteiger partial charge is 0.463 e. The van der Waals surface area contributed by atoms with E-state index in [2.05, 4.69) is 4.99 Å². The predicted molar refractivity (Wildman–Crippen MR) is 170 cm³/mol. The van der Waals surface area contributed by atoms with Crippen LogP contribution in [0.15, 0.2) is 90.6 Å². The number of nitro groups is 1. The van der Waals surface area contributed by atoms with Crippen molar-refractivity contribution >= 4 is 63.9 Å². The summed E-state index contributed by atoms with van der Waals surface area (Å²) in [6, 6.07) is 14.7. The first-order valence-corrected chi connectivity index (χ1v) is 15.3. The molecule has 0 aliphatic carbocycles. The number of rotatable bonds is 7. The summed E-state index contributed by atoms with van der Waals surface area (Å²) < 4.78 is 19.1. The molecule has 1 aliphatic rings. The summed E-state index contributed by atoms with van der Waals surface area (Å²) in [5.74, 6) is 0.713. The van der Waals surface area contributed by atoms with Crippen LogP contribution < -0.4 is 14.9 Å². The van der Waals surface area contributed by atoms with Crippen molar-refractivity contribution < 1.29 is 23.3 Å². The Labute approximate surface area is 273 Å². The van der Waals surface area contributed by atoms with Crippen LogP contribution >= 0.6 is 46.1 Å². The number of benzene rings is 2. The van der Waals surface area contributed by atoms with Crippen LogP contribution in [0.5, 0.6) is 0 Å². The van der Waals surface area contributed by atoms with Crippen molar-refractivity contribution in [1.29, 1.82) is 0 Å². The molecule has 0 saturated heterocycles. The number of nitrogens with zero attached hydrogens (tertiary/aromatic N) is 3. The molecular weight excluding hydrogens is 665 g/mol. The van der Waals surface area contributed by atoms with Crippen molar-refractivity contribution in [3.05, 3.63) is 128 Å². The molecule has 228 valence electrons. The van der Waals surface area contributed by atoms with Crippen LogP contribution in [0, 0.1) is 10.1 Å². The average Bonchev–Trinajstić information content (AvgIpc) is 3.74. The first-order valence-electron chi connectivity index (χ1n) is 13.3. The number of halogens is 3. The van der Waals surface area contributed by atoms with E-state index in [1.54, 1.807) is 56.3 Å². The van der Waals surface area contributed by atoms with Crippen LogP contribution in [0.3, 0.4) is 0 Å². The number of fused-ring (bicyclic) bond motifs is 1. The van der Waals surface area contributed by atoms with Crippen LogP contribution in [0.4, 0.5) is 5.69 Å². The van der Waals surface area contributed by atoms with E-state index in [9.17, 15) is 19.7 Å². The van der Waals surface area contributed by atoms with Gasteiger partial charge in [0.2, 0.25) is 0 Å². The van der Waals surface area contributed by atoms with Crippen LogP contribution in [-0.4, -0.2) is 22.1 Å². The Kier molecular flexibility index (Phi) is 8.27. The molecule has 0 unspecified atom stereocenters. The summed E-state index contributed by atoms with van der Waals surface area (Å²) in [7, 11) is 0. The summed E-state index contributed by atoms with van der Waals surface area (Å²) in [5, 5.41) is 12.3. The molecule has 3 aromatic heterocycles. The highest BCUT2D eigenvalue weighted by Gasteiger charge is 2.35. The Morgan fingerprint density at radius 3 is 2.53 bits per heavy atom. The number of esters is 1. The topological polar surface area (TPSA) is 130 Å². The number of ether oxygens (including phenoxy) is 1. The fraction of sp³-hybridized carbons (Fsp3) is 0.129. The second kappa shape index (κ2) is 12.2. The molecule has 0 spiro atoms. The minimum Gasteiger partial charge on any atom is -0.463 e. The molecule has 1 aliphatic heterocycles. The summed E-state index contributed by atoms with van der Waals surface area (Å²) in [4.78, 5) is 42.8. The Morgan fingerprint density at radius 2 is 1.80 bits per heavy atom. The molecule has 14 heteroatoms. The SMILES string of the molecule is CCOC(=O)C1=C(C)N=c2s/c(=C\c3ccc(-c4cc([N+](=O)[O-])ccc4Cl)o3)c(=O)n2[C@@H]1c1ccc(-c2ccc(Cl)c(Cl)c2)o1. The number of furan rings is 2. The Balaban J connectivity index is 1.45. The highest BCUT2D eigenvalue weighted by Crippen LogP contribution is 2.36. The lowest BCUT2D eigenvalue weighted by atomic mass is 10.0. The third-order valence-corrected chi connectivity index (χ3v) is 9.00. The molecule has 2 aromatic carbocycles. The second-order valence-corrected chi connectivity index (χ2v) is 12.0. The third kappa shape index (κ3) is 5.75. The Morgan fingerprint density at radius 1 is 1.04 bits per heavy atom. The molecule has 6 rings (SSSR count). The number of allylic oxidation sites excluding steroid dienone is 1. The van der Waals surface area contributed by atoms with Crippen molar-refractivity contribution in [2.24, 2.45) is 4.99 Å². The van der Waals surface area contributed by atoms with Crippen molar-refractivity contribution in [2.75, 3.05) is 6.61 Å². The monoisotopic (exact) mass is 683 g/mol. The van der Waals surface area contributed by atoms with Crippen LogP contribution in [0.25, 0.3) is 28.7 Å². The molecule has 1 atom stereocenters. The van der Waals surface area contributed by atoms with Crippen molar-refractivity contribution in [2.45, 2.75) is 19.9 Å². The van der Waals surface area contributed by atoms with E-state index in [1.807, 2.05) is 0 Å². The van der Waals surface area contributed by atoms with Gasteiger partial charge in [-0.15, -0.1) is 0 Å². The minimum absolute atomic E-state index is 0.120. The lowest BCUT2D eigenvalue weighted by molar-refractivity contribution is -0.384. The van der Waals surface area contributed by atoms with Gasteiger partial charge < -0.3 is 13.6 Å². The number of hydrogen-bond donors (Lipinski definition) is 0. The molecule has 45 heavy (non-hydrogen) atoms. The van der Waals surface area contributed by atoms with E-state index in [1.165, 1.54) is 28.8 Å². The van der Waals surface area contributed by atoms with Gasteiger partial charge in [-0.05, 0) is 62.4 Å². The third-order valence-electron chi connectivity index (χ3n) is 6.94. The first-order chi connectivity index (χ1) is 21.5. The van der Waals surface area contributed by atoms with E-state index in [-0.39, 0.29) is 33.2 Å². The minimum atomic E-state index is -0.977. The number of carbonyl (C=O) groups is 1. The summed E-state index contributed by atoms with van der Waals surface area (Å²) in [6.07, 6.45) is 1.53. The summed E-state index contributed by atoms with van der Waals surface area (Å²) in [6.45, 7) is 3.47. The van der Waals surface area contributed by atoms with Crippen LogP contribution in [-0.2, 0) is 9.53 Å². The molecular formula is C31H20Cl3N3O7S.